The standard InChI is InChI=1S/C13H24N2O3/c1-2-9-7-10(11(8-9)13(17)18)12(16)15-6-4-3-5-14/h9-11H,2-8,14H2,1H3,(H,15,16)(H,17,18). The van der Waals surface area contributed by atoms with Crippen molar-refractivity contribution in [2.45, 2.75) is 39.0 Å². The first-order chi connectivity index (χ1) is 8.60. The van der Waals surface area contributed by atoms with Crippen LogP contribution < -0.4 is 11.1 Å². The summed E-state index contributed by atoms with van der Waals surface area (Å²) in [5.41, 5.74) is 5.38. The smallest absolute Gasteiger partial charge is 0.307 e. The summed E-state index contributed by atoms with van der Waals surface area (Å²) in [5, 5.41) is 12.0. The maximum absolute atomic E-state index is 12.0. The molecule has 5 nitrogen and oxygen atoms in total. The molecular weight excluding hydrogens is 232 g/mol. The van der Waals surface area contributed by atoms with Gasteiger partial charge in [-0.2, -0.15) is 0 Å². The number of aliphatic carboxylic acids is 1. The number of carbonyl (C=O) groups excluding carboxylic acids is 1. The maximum atomic E-state index is 12.0. The molecule has 0 heterocycles. The lowest BCUT2D eigenvalue weighted by Gasteiger charge is -2.15. The fourth-order valence-corrected chi connectivity index (χ4v) is 2.65. The summed E-state index contributed by atoms with van der Waals surface area (Å²) in [4.78, 5) is 23.1. The Morgan fingerprint density at radius 1 is 1.28 bits per heavy atom. The van der Waals surface area contributed by atoms with Crippen molar-refractivity contribution in [3.05, 3.63) is 0 Å². The van der Waals surface area contributed by atoms with Gasteiger partial charge < -0.3 is 16.2 Å². The molecule has 0 aromatic rings. The fourth-order valence-electron chi connectivity index (χ4n) is 2.65. The Balaban J connectivity index is 2.46. The molecule has 5 heteroatoms. The van der Waals surface area contributed by atoms with Crippen LogP contribution in [0.15, 0.2) is 0 Å². The molecule has 0 aromatic heterocycles. The third-order valence-corrected chi connectivity index (χ3v) is 3.82. The highest BCUT2D eigenvalue weighted by molar-refractivity contribution is 5.85. The van der Waals surface area contributed by atoms with Crippen LogP contribution in [0.25, 0.3) is 0 Å². The third kappa shape index (κ3) is 3.98. The summed E-state index contributed by atoms with van der Waals surface area (Å²) in [6.07, 6.45) is 4.01. The van der Waals surface area contributed by atoms with Crippen LogP contribution in [0.5, 0.6) is 0 Å². The summed E-state index contributed by atoms with van der Waals surface area (Å²) in [7, 11) is 0. The van der Waals surface area contributed by atoms with Gasteiger partial charge in [-0.3, -0.25) is 9.59 Å². The van der Waals surface area contributed by atoms with Gasteiger partial charge in [0.2, 0.25) is 5.91 Å². The largest absolute Gasteiger partial charge is 0.481 e. The molecule has 3 atom stereocenters. The lowest BCUT2D eigenvalue weighted by Crippen LogP contribution is -2.35. The molecule has 1 amide bonds. The monoisotopic (exact) mass is 256 g/mol. The van der Waals surface area contributed by atoms with Crippen LogP contribution in [0, 0.1) is 17.8 Å². The van der Waals surface area contributed by atoms with Gasteiger partial charge in [-0.05, 0) is 38.1 Å². The van der Waals surface area contributed by atoms with E-state index in [1.165, 1.54) is 0 Å². The lowest BCUT2D eigenvalue weighted by molar-refractivity contribution is -0.146. The van der Waals surface area contributed by atoms with Crippen molar-refractivity contribution in [2.75, 3.05) is 13.1 Å². The van der Waals surface area contributed by atoms with Gasteiger partial charge in [0, 0.05) is 6.54 Å². The van der Waals surface area contributed by atoms with Crippen molar-refractivity contribution in [3.63, 3.8) is 0 Å². The third-order valence-electron chi connectivity index (χ3n) is 3.82. The predicted octanol–water partition coefficient (Wildman–Crippen LogP) is 0.979. The van der Waals surface area contributed by atoms with Crippen molar-refractivity contribution in [1.29, 1.82) is 0 Å². The number of unbranched alkanes of at least 4 members (excludes halogenated alkanes) is 1. The van der Waals surface area contributed by atoms with Crippen LogP contribution in [0.3, 0.4) is 0 Å². The second-order valence-electron chi connectivity index (χ2n) is 5.08. The Bertz CT molecular complexity index is 294. The fraction of sp³-hybridized carbons (Fsp3) is 0.846. The van der Waals surface area contributed by atoms with E-state index in [2.05, 4.69) is 5.32 Å². The normalized spacial score (nSPS) is 27.1. The average molecular weight is 256 g/mol. The highest BCUT2D eigenvalue weighted by atomic mass is 16.4. The zero-order valence-electron chi connectivity index (χ0n) is 11.0. The molecule has 1 rings (SSSR count). The Morgan fingerprint density at radius 3 is 2.50 bits per heavy atom. The molecule has 3 unspecified atom stereocenters. The molecule has 0 aromatic carbocycles. The minimum absolute atomic E-state index is 0.102. The van der Waals surface area contributed by atoms with E-state index in [9.17, 15) is 9.59 Å². The highest BCUT2D eigenvalue weighted by Gasteiger charge is 2.41. The van der Waals surface area contributed by atoms with E-state index in [-0.39, 0.29) is 11.8 Å². The van der Waals surface area contributed by atoms with Crippen molar-refractivity contribution in [3.8, 4) is 0 Å². The number of amides is 1. The van der Waals surface area contributed by atoms with E-state index >= 15 is 0 Å². The highest BCUT2D eigenvalue weighted by Crippen LogP contribution is 2.38. The van der Waals surface area contributed by atoms with Gasteiger partial charge in [-0.15, -0.1) is 0 Å². The van der Waals surface area contributed by atoms with Crippen molar-refractivity contribution in [2.24, 2.45) is 23.5 Å². The lowest BCUT2D eigenvalue weighted by atomic mass is 9.95. The number of nitrogens with two attached hydrogens (primary N) is 1. The molecule has 0 spiro atoms. The van der Waals surface area contributed by atoms with Crippen LogP contribution in [0.1, 0.15) is 39.0 Å². The van der Waals surface area contributed by atoms with Gasteiger partial charge in [0.25, 0.3) is 0 Å². The number of carbonyl (C=O) groups is 2. The van der Waals surface area contributed by atoms with Gasteiger partial charge in [0.15, 0.2) is 0 Å². The van der Waals surface area contributed by atoms with Crippen LogP contribution in [0.4, 0.5) is 0 Å². The average Bonchev–Trinajstić information content (AvgIpc) is 2.78. The minimum atomic E-state index is -0.840. The maximum Gasteiger partial charge on any atom is 0.307 e. The number of hydrogen-bond acceptors (Lipinski definition) is 3. The van der Waals surface area contributed by atoms with Crippen molar-refractivity contribution < 1.29 is 14.7 Å². The molecule has 0 saturated heterocycles. The van der Waals surface area contributed by atoms with E-state index in [1.807, 2.05) is 6.92 Å². The predicted molar refractivity (Wildman–Crippen MR) is 68.9 cm³/mol. The van der Waals surface area contributed by atoms with Gasteiger partial charge in [0.05, 0.1) is 11.8 Å². The summed E-state index contributed by atoms with van der Waals surface area (Å²) >= 11 is 0. The molecule has 4 N–H and O–H groups in total. The van der Waals surface area contributed by atoms with Crippen LogP contribution in [-0.2, 0) is 9.59 Å². The van der Waals surface area contributed by atoms with Gasteiger partial charge in [0.1, 0.15) is 0 Å². The van der Waals surface area contributed by atoms with Gasteiger partial charge in [-0.25, -0.2) is 0 Å². The number of carboxylic acid groups (broad SMARTS) is 1. The van der Waals surface area contributed by atoms with Crippen molar-refractivity contribution >= 4 is 11.9 Å². The number of nitrogens with one attached hydrogen (secondary N) is 1. The summed E-state index contributed by atoms with van der Waals surface area (Å²) in [5.74, 6) is -1.44. The number of carboxylic acids is 1. The van der Waals surface area contributed by atoms with Gasteiger partial charge in [-0.1, -0.05) is 13.3 Å². The summed E-state index contributed by atoms with van der Waals surface area (Å²) < 4.78 is 0. The molecule has 1 saturated carbocycles. The van der Waals surface area contributed by atoms with E-state index in [0.717, 1.165) is 19.3 Å². The zero-order valence-corrected chi connectivity index (χ0v) is 11.0. The van der Waals surface area contributed by atoms with E-state index in [1.54, 1.807) is 0 Å². The van der Waals surface area contributed by atoms with E-state index in [0.29, 0.717) is 31.8 Å². The zero-order chi connectivity index (χ0) is 13.5. The second kappa shape index (κ2) is 7.36. The molecular formula is C13H24N2O3. The first kappa shape index (κ1) is 15.0. The second-order valence-corrected chi connectivity index (χ2v) is 5.08. The van der Waals surface area contributed by atoms with Crippen LogP contribution in [0.2, 0.25) is 0 Å². The quantitative estimate of drug-likeness (QED) is 0.592. The van der Waals surface area contributed by atoms with Crippen molar-refractivity contribution in [1.82, 2.24) is 5.32 Å². The summed E-state index contributed by atoms with van der Waals surface area (Å²) in [6, 6.07) is 0. The topological polar surface area (TPSA) is 92.4 Å². The van der Waals surface area contributed by atoms with E-state index in [4.69, 9.17) is 10.8 Å². The molecule has 104 valence electrons. The van der Waals surface area contributed by atoms with Crippen LogP contribution >= 0.6 is 0 Å². The first-order valence-electron chi connectivity index (χ1n) is 6.80. The SMILES string of the molecule is CCC1CC(C(=O)O)C(C(=O)NCCCCN)C1. The number of hydrogen-bond donors (Lipinski definition) is 3. The molecule has 1 aliphatic carbocycles. The van der Waals surface area contributed by atoms with Crippen LogP contribution in [-0.4, -0.2) is 30.1 Å². The molecule has 1 fully saturated rings. The minimum Gasteiger partial charge on any atom is -0.481 e. The Kier molecular flexibility index (Phi) is 6.12. The molecule has 0 radical (unpaired) electrons. The molecule has 0 bridgehead atoms. The Morgan fingerprint density at radius 2 is 1.94 bits per heavy atom. The molecule has 1 aliphatic rings. The number of rotatable bonds is 7. The molecule has 0 aliphatic heterocycles. The summed E-state index contributed by atoms with van der Waals surface area (Å²) in [6.45, 7) is 3.26. The van der Waals surface area contributed by atoms with Gasteiger partial charge >= 0.3 is 5.97 Å². The molecule has 18 heavy (non-hydrogen) atoms. The van der Waals surface area contributed by atoms with E-state index < -0.39 is 11.9 Å². The Labute approximate surface area is 108 Å². The first-order valence-corrected chi connectivity index (χ1v) is 6.80. The Hall–Kier alpha value is -1.10.